The number of hydrogen-bond acceptors (Lipinski definition) is 6. The largest absolute Gasteiger partial charge is 0.371 e. The Morgan fingerprint density at radius 2 is 2.04 bits per heavy atom. The number of aryl methyl sites for hydroxylation is 1. The van der Waals surface area contributed by atoms with Crippen LogP contribution >= 0.6 is 0 Å². The van der Waals surface area contributed by atoms with Gasteiger partial charge in [-0.3, -0.25) is 0 Å². The molecule has 0 saturated carbocycles. The van der Waals surface area contributed by atoms with E-state index in [0.29, 0.717) is 11.7 Å². The van der Waals surface area contributed by atoms with Gasteiger partial charge in [-0.1, -0.05) is 5.16 Å². The number of aromatic nitrogens is 2. The summed E-state index contributed by atoms with van der Waals surface area (Å²) in [7, 11) is -1.99. The van der Waals surface area contributed by atoms with Gasteiger partial charge in [0.2, 0.25) is 15.9 Å². The first-order chi connectivity index (χ1) is 11.0. The Hall–Kier alpha value is -1.93. The molecule has 3 rings (SSSR count). The lowest BCUT2D eigenvalue weighted by molar-refractivity contribution is 0.331. The highest BCUT2D eigenvalue weighted by atomic mass is 32.2. The molecule has 0 amide bonds. The van der Waals surface area contributed by atoms with Crippen LogP contribution in [0.15, 0.2) is 33.7 Å². The van der Waals surface area contributed by atoms with E-state index in [9.17, 15) is 8.42 Å². The van der Waals surface area contributed by atoms with E-state index in [0.717, 1.165) is 31.6 Å². The van der Waals surface area contributed by atoms with Gasteiger partial charge in [0, 0.05) is 18.8 Å². The number of benzene rings is 1. The third kappa shape index (κ3) is 3.37. The number of piperidine rings is 1. The van der Waals surface area contributed by atoms with Crippen molar-refractivity contribution in [3.63, 3.8) is 0 Å². The molecular formula is C15H20N4O3S. The van der Waals surface area contributed by atoms with E-state index in [2.05, 4.69) is 19.8 Å². The van der Waals surface area contributed by atoms with Crippen molar-refractivity contribution in [1.82, 2.24) is 14.9 Å². The van der Waals surface area contributed by atoms with Crippen LogP contribution in [0.3, 0.4) is 0 Å². The smallest absolute Gasteiger partial charge is 0.240 e. The SMILES string of the molecule is CNS(=O)(=O)c1ccc(N2CCCC(c3nc(C)no3)C2)cc1. The lowest BCUT2D eigenvalue weighted by Gasteiger charge is -2.32. The molecule has 1 aromatic carbocycles. The van der Waals surface area contributed by atoms with E-state index in [4.69, 9.17) is 4.52 Å². The summed E-state index contributed by atoms with van der Waals surface area (Å²) in [5, 5.41) is 3.86. The monoisotopic (exact) mass is 336 g/mol. The van der Waals surface area contributed by atoms with Crippen molar-refractivity contribution in [2.45, 2.75) is 30.6 Å². The standard InChI is InChI=1S/C15H20N4O3S/c1-11-17-15(22-18-11)12-4-3-9-19(10-12)13-5-7-14(8-6-13)23(20,21)16-2/h5-8,12,16H,3-4,9-10H2,1-2H3. The lowest BCUT2D eigenvalue weighted by Crippen LogP contribution is -2.34. The van der Waals surface area contributed by atoms with Crippen LogP contribution in [0.1, 0.15) is 30.5 Å². The minimum atomic E-state index is -3.40. The highest BCUT2D eigenvalue weighted by molar-refractivity contribution is 7.89. The second-order valence-electron chi connectivity index (χ2n) is 5.67. The topological polar surface area (TPSA) is 88.3 Å². The summed E-state index contributed by atoms with van der Waals surface area (Å²) in [5.74, 6) is 1.55. The van der Waals surface area contributed by atoms with Gasteiger partial charge in [-0.25, -0.2) is 13.1 Å². The number of anilines is 1. The lowest BCUT2D eigenvalue weighted by atomic mass is 9.97. The molecule has 7 nitrogen and oxygen atoms in total. The van der Waals surface area contributed by atoms with E-state index in [-0.39, 0.29) is 10.8 Å². The molecule has 1 unspecified atom stereocenters. The first kappa shape index (κ1) is 15.9. The van der Waals surface area contributed by atoms with Crippen molar-refractivity contribution in [2.24, 2.45) is 0 Å². The van der Waals surface area contributed by atoms with Gasteiger partial charge in [0.15, 0.2) is 5.82 Å². The summed E-state index contributed by atoms with van der Waals surface area (Å²) >= 11 is 0. The number of hydrogen-bond donors (Lipinski definition) is 1. The van der Waals surface area contributed by atoms with Crippen LogP contribution in [0.4, 0.5) is 5.69 Å². The Kier molecular flexibility index (Phi) is 4.36. The molecule has 2 heterocycles. The minimum absolute atomic E-state index is 0.214. The zero-order valence-electron chi connectivity index (χ0n) is 13.2. The van der Waals surface area contributed by atoms with Crippen LogP contribution in [0.25, 0.3) is 0 Å². The Morgan fingerprint density at radius 3 is 2.65 bits per heavy atom. The van der Waals surface area contributed by atoms with E-state index in [1.807, 2.05) is 19.1 Å². The van der Waals surface area contributed by atoms with E-state index >= 15 is 0 Å². The zero-order chi connectivity index (χ0) is 16.4. The molecule has 1 aromatic heterocycles. The van der Waals surface area contributed by atoms with Gasteiger partial charge in [0.05, 0.1) is 10.8 Å². The normalized spacial score (nSPS) is 19.0. The first-order valence-corrected chi connectivity index (χ1v) is 9.06. The molecule has 1 N–H and O–H groups in total. The average Bonchev–Trinajstić information content (AvgIpc) is 3.02. The molecule has 0 radical (unpaired) electrons. The molecule has 124 valence electrons. The molecule has 1 fully saturated rings. The van der Waals surface area contributed by atoms with Gasteiger partial charge >= 0.3 is 0 Å². The van der Waals surface area contributed by atoms with Crippen LogP contribution in [-0.4, -0.2) is 38.7 Å². The van der Waals surface area contributed by atoms with Crippen LogP contribution in [0.2, 0.25) is 0 Å². The molecule has 0 aliphatic carbocycles. The molecule has 1 aliphatic heterocycles. The van der Waals surface area contributed by atoms with Gasteiger partial charge in [0.25, 0.3) is 0 Å². The fourth-order valence-electron chi connectivity index (χ4n) is 2.85. The summed E-state index contributed by atoms with van der Waals surface area (Å²) in [6.45, 7) is 3.54. The van der Waals surface area contributed by atoms with E-state index in [1.165, 1.54) is 7.05 Å². The Morgan fingerprint density at radius 1 is 1.30 bits per heavy atom. The van der Waals surface area contributed by atoms with Crippen LogP contribution < -0.4 is 9.62 Å². The summed E-state index contributed by atoms with van der Waals surface area (Å²) in [6.07, 6.45) is 2.05. The van der Waals surface area contributed by atoms with Crippen molar-refractivity contribution >= 4 is 15.7 Å². The molecule has 0 spiro atoms. The molecule has 1 aliphatic rings. The first-order valence-electron chi connectivity index (χ1n) is 7.58. The summed E-state index contributed by atoms with van der Waals surface area (Å²) in [6, 6.07) is 6.93. The molecule has 23 heavy (non-hydrogen) atoms. The van der Waals surface area contributed by atoms with Crippen LogP contribution in [0.5, 0.6) is 0 Å². The molecule has 2 aromatic rings. The number of sulfonamides is 1. The van der Waals surface area contributed by atoms with Crippen LogP contribution in [-0.2, 0) is 10.0 Å². The Bertz CT molecular complexity index is 770. The minimum Gasteiger partial charge on any atom is -0.371 e. The maximum Gasteiger partial charge on any atom is 0.240 e. The Balaban J connectivity index is 1.76. The third-order valence-electron chi connectivity index (χ3n) is 4.09. The Labute approximate surface area is 135 Å². The maximum atomic E-state index is 11.8. The zero-order valence-corrected chi connectivity index (χ0v) is 14.0. The van der Waals surface area contributed by atoms with Crippen molar-refractivity contribution in [1.29, 1.82) is 0 Å². The third-order valence-corrected chi connectivity index (χ3v) is 5.53. The average molecular weight is 336 g/mol. The van der Waals surface area contributed by atoms with Gasteiger partial charge in [-0.15, -0.1) is 0 Å². The second-order valence-corrected chi connectivity index (χ2v) is 7.55. The maximum absolute atomic E-state index is 11.8. The van der Waals surface area contributed by atoms with Gasteiger partial charge in [-0.05, 0) is 51.1 Å². The fraction of sp³-hybridized carbons (Fsp3) is 0.467. The number of nitrogens with zero attached hydrogens (tertiary/aromatic N) is 3. The highest BCUT2D eigenvalue weighted by Crippen LogP contribution is 2.29. The van der Waals surface area contributed by atoms with E-state index < -0.39 is 10.0 Å². The molecule has 1 atom stereocenters. The number of rotatable bonds is 4. The fourth-order valence-corrected chi connectivity index (χ4v) is 3.58. The molecule has 1 saturated heterocycles. The van der Waals surface area contributed by atoms with Crippen molar-refractivity contribution in [3.8, 4) is 0 Å². The quantitative estimate of drug-likeness (QED) is 0.914. The second kappa shape index (κ2) is 6.29. The molecular weight excluding hydrogens is 316 g/mol. The van der Waals surface area contributed by atoms with Crippen LogP contribution in [0, 0.1) is 6.92 Å². The summed E-state index contributed by atoms with van der Waals surface area (Å²) in [5.41, 5.74) is 1.00. The summed E-state index contributed by atoms with van der Waals surface area (Å²) in [4.78, 5) is 6.82. The summed E-state index contributed by atoms with van der Waals surface area (Å²) < 4.78 is 31.2. The predicted octanol–water partition coefficient (Wildman–Crippen LogP) is 1.67. The van der Waals surface area contributed by atoms with Crippen molar-refractivity contribution in [2.75, 3.05) is 25.0 Å². The number of nitrogens with one attached hydrogen (secondary N) is 1. The van der Waals surface area contributed by atoms with Gasteiger partial charge in [0.1, 0.15) is 0 Å². The molecule has 0 bridgehead atoms. The van der Waals surface area contributed by atoms with Gasteiger partial charge < -0.3 is 9.42 Å². The molecule has 8 heteroatoms. The van der Waals surface area contributed by atoms with Gasteiger partial charge in [-0.2, -0.15) is 4.98 Å². The van der Waals surface area contributed by atoms with E-state index in [1.54, 1.807) is 12.1 Å². The predicted molar refractivity (Wildman–Crippen MR) is 85.9 cm³/mol. The van der Waals surface area contributed by atoms with Crippen molar-refractivity contribution in [3.05, 3.63) is 36.0 Å². The highest BCUT2D eigenvalue weighted by Gasteiger charge is 2.26. The van der Waals surface area contributed by atoms with Crippen molar-refractivity contribution < 1.29 is 12.9 Å².